The average molecular weight is 257 g/mol. The van der Waals surface area contributed by atoms with Gasteiger partial charge in [-0.15, -0.1) is 5.06 Å². The van der Waals surface area contributed by atoms with Crippen molar-refractivity contribution in [2.75, 3.05) is 13.1 Å². The first kappa shape index (κ1) is 15.0. The first-order chi connectivity index (χ1) is 8.10. The summed E-state index contributed by atoms with van der Waals surface area (Å²) in [7, 11) is 0. The van der Waals surface area contributed by atoms with Crippen molar-refractivity contribution in [3.63, 3.8) is 0 Å². The van der Waals surface area contributed by atoms with Gasteiger partial charge in [0.1, 0.15) is 0 Å². The Bertz CT molecular complexity index is 320. The van der Waals surface area contributed by atoms with E-state index in [4.69, 9.17) is 9.94 Å². The number of carboxylic acids is 1. The number of hydroxylamine groups is 2. The van der Waals surface area contributed by atoms with Gasteiger partial charge in [0.15, 0.2) is 0 Å². The van der Waals surface area contributed by atoms with Crippen LogP contribution in [0.1, 0.15) is 47.0 Å². The maximum Gasteiger partial charge on any atom is 0.325 e. The molecule has 1 rings (SSSR count). The summed E-state index contributed by atoms with van der Waals surface area (Å²) in [5.74, 6) is -1.45. The Morgan fingerprint density at radius 2 is 1.61 bits per heavy atom. The average Bonchev–Trinajstić information content (AvgIpc) is 2.09. The van der Waals surface area contributed by atoms with Gasteiger partial charge in [0.2, 0.25) is 0 Å². The van der Waals surface area contributed by atoms with Gasteiger partial charge in [-0.25, -0.2) is 0 Å². The van der Waals surface area contributed by atoms with E-state index in [2.05, 4.69) is 27.7 Å². The van der Waals surface area contributed by atoms with E-state index in [0.717, 1.165) is 6.42 Å². The molecule has 1 saturated heterocycles. The van der Waals surface area contributed by atoms with E-state index in [-0.39, 0.29) is 23.7 Å². The topological polar surface area (TPSA) is 66.8 Å². The molecule has 1 aliphatic rings. The Morgan fingerprint density at radius 3 is 2.06 bits per heavy atom. The number of aliphatic carboxylic acids is 1. The molecule has 0 aromatic carbocycles. The third kappa shape index (κ3) is 5.04. The summed E-state index contributed by atoms with van der Waals surface area (Å²) in [4.78, 5) is 27.1. The maximum atomic E-state index is 11.5. The Hall–Kier alpha value is -1.10. The molecule has 0 unspecified atom stereocenters. The van der Waals surface area contributed by atoms with Crippen molar-refractivity contribution in [2.24, 2.45) is 10.8 Å². The molecule has 5 nitrogen and oxygen atoms in total. The molecular formula is C13H23NO4. The second-order valence-corrected chi connectivity index (χ2v) is 6.66. The van der Waals surface area contributed by atoms with Crippen LogP contribution in [0.5, 0.6) is 0 Å². The zero-order valence-corrected chi connectivity index (χ0v) is 11.7. The van der Waals surface area contributed by atoms with E-state index in [9.17, 15) is 9.59 Å². The highest BCUT2D eigenvalue weighted by Crippen LogP contribution is 2.39. The number of carbonyl (C=O) groups is 2. The van der Waals surface area contributed by atoms with Crippen molar-refractivity contribution in [1.82, 2.24) is 5.06 Å². The van der Waals surface area contributed by atoms with Crippen LogP contribution in [0.4, 0.5) is 0 Å². The Labute approximate surface area is 108 Å². The van der Waals surface area contributed by atoms with Crippen molar-refractivity contribution in [3.05, 3.63) is 0 Å². The quantitative estimate of drug-likeness (QED) is 0.835. The molecule has 0 spiro atoms. The molecule has 1 N–H and O–H groups in total. The summed E-state index contributed by atoms with van der Waals surface area (Å²) < 4.78 is 0. The molecule has 1 fully saturated rings. The monoisotopic (exact) mass is 257 g/mol. The van der Waals surface area contributed by atoms with Crippen LogP contribution in [-0.2, 0) is 14.4 Å². The van der Waals surface area contributed by atoms with Crippen molar-refractivity contribution < 1.29 is 19.5 Å². The lowest BCUT2D eigenvalue weighted by molar-refractivity contribution is -0.216. The number of hydrogen-bond donors (Lipinski definition) is 1. The van der Waals surface area contributed by atoms with E-state index in [1.165, 1.54) is 0 Å². The van der Waals surface area contributed by atoms with Gasteiger partial charge in [0, 0.05) is 13.1 Å². The molecule has 5 heteroatoms. The second-order valence-electron chi connectivity index (χ2n) is 6.66. The smallest absolute Gasteiger partial charge is 0.325 e. The number of carboxylic acid groups (broad SMARTS) is 1. The minimum atomic E-state index is -0.980. The molecule has 0 amide bonds. The molecule has 1 heterocycles. The number of piperidine rings is 1. The van der Waals surface area contributed by atoms with Crippen LogP contribution >= 0.6 is 0 Å². The minimum absolute atomic E-state index is 0.0767. The van der Waals surface area contributed by atoms with Crippen LogP contribution in [0.15, 0.2) is 0 Å². The van der Waals surface area contributed by atoms with Crippen LogP contribution in [0.2, 0.25) is 0 Å². The highest BCUT2D eigenvalue weighted by atomic mass is 16.7. The molecule has 0 aromatic rings. The highest BCUT2D eigenvalue weighted by molar-refractivity contribution is 5.76. The van der Waals surface area contributed by atoms with Gasteiger partial charge in [-0.05, 0) is 17.3 Å². The van der Waals surface area contributed by atoms with Gasteiger partial charge in [0.25, 0.3) is 0 Å². The molecule has 0 saturated carbocycles. The first-order valence-electron chi connectivity index (χ1n) is 6.27. The van der Waals surface area contributed by atoms with E-state index < -0.39 is 11.9 Å². The molecule has 0 aromatic heterocycles. The minimum Gasteiger partial charge on any atom is -0.481 e. The van der Waals surface area contributed by atoms with Gasteiger partial charge in [-0.2, -0.15) is 0 Å². The van der Waals surface area contributed by atoms with Crippen LogP contribution < -0.4 is 0 Å². The second kappa shape index (κ2) is 5.26. The lowest BCUT2D eigenvalue weighted by atomic mass is 9.72. The largest absolute Gasteiger partial charge is 0.481 e. The lowest BCUT2D eigenvalue weighted by Gasteiger charge is -2.45. The molecule has 0 bridgehead atoms. The van der Waals surface area contributed by atoms with Crippen molar-refractivity contribution in [3.8, 4) is 0 Å². The Morgan fingerprint density at radius 1 is 1.11 bits per heavy atom. The van der Waals surface area contributed by atoms with E-state index in [1.807, 2.05) is 0 Å². The zero-order chi connectivity index (χ0) is 14.0. The Kier molecular flexibility index (Phi) is 4.37. The predicted molar refractivity (Wildman–Crippen MR) is 66.7 cm³/mol. The van der Waals surface area contributed by atoms with Crippen LogP contribution in [0.25, 0.3) is 0 Å². The summed E-state index contributed by atoms with van der Waals surface area (Å²) in [6.45, 7) is 9.96. The number of nitrogens with zero attached hydrogens (tertiary/aromatic N) is 1. The van der Waals surface area contributed by atoms with Crippen molar-refractivity contribution in [2.45, 2.75) is 47.0 Å². The normalized spacial score (nSPS) is 22.4. The summed E-state index contributed by atoms with van der Waals surface area (Å²) >= 11 is 0. The van der Waals surface area contributed by atoms with Crippen molar-refractivity contribution >= 4 is 11.9 Å². The third-order valence-electron chi connectivity index (χ3n) is 2.94. The SMILES string of the molecule is CC1(C)CN(OC(=O)CCC(=O)O)CC(C)(C)C1. The van der Waals surface area contributed by atoms with Crippen LogP contribution in [0.3, 0.4) is 0 Å². The van der Waals surface area contributed by atoms with Gasteiger partial charge < -0.3 is 9.94 Å². The van der Waals surface area contributed by atoms with Gasteiger partial charge in [0.05, 0.1) is 12.8 Å². The molecule has 0 radical (unpaired) electrons. The standard InChI is InChI=1S/C13H23NO4/c1-12(2)7-13(3,4)9-14(8-12)18-11(17)6-5-10(15)16/h5-9H2,1-4H3,(H,15,16). The first-order valence-corrected chi connectivity index (χ1v) is 6.27. The highest BCUT2D eigenvalue weighted by Gasteiger charge is 2.38. The molecule has 0 aliphatic carbocycles. The fourth-order valence-corrected chi connectivity index (χ4v) is 2.88. The van der Waals surface area contributed by atoms with E-state index in [0.29, 0.717) is 13.1 Å². The fourth-order valence-electron chi connectivity index (χ4n) is 2.88. The lowest BCUT2D eigenvalue weighted by Crippen LogP contribution is -2.49. The van der Waals surface area contributed by atoms with Crippen LogP contribution in [0, 0.1) is 10.8 Å². The molecule has 104 valence electrons. The van der Waals surface area contributed by atoms with Gasteiger partial charge >= 0.3 is 11.9 Å². The van der Waals surface area contributed by atoms with E-state index >= 15 is 0 Å². The molecule has 0 atom stereocenters. The van der Waals surface area contributed by atoms with Crippen molar-refractivity contribution in [1.29, 1.82) is 0 Å². The van der Waals surface area contributed by atoms with Crippen LogP contribution in [-0.4, -0.2) is 35.2 Å². The summed E-state index contributed by atoms with van der Waals surface area (Å²) in [5, 5.41) is 10.2. The fraction of sp³-hybridized carbons (Fsp3) is 0.846. The van der Waals surface area contributed by atoms with Gasteiger partial charge in [-0.1, -0.05) is 27.7 Å². The van der Waals surface area contributed by atoms with Gasteiger partial charge in [-0.3, -0.25) is 9.59 Å². The predicted octanol–water partition coefficient (Wildman–Crippen LogP) is 2.07. The maximum absolute atomic E-state index is 11.5. The summed E-state index contributed by atoms with van der Waals surface area (Å²) in [6, 6.07) is 0. The Balaban J connectivity index is 2.51. The number of carbonyl (C=O) groups excluding carboxylic acids is 1. The molecule has 18 heavy (non-hydrogen) atoms. The number of rotatable bonds is 4. The molecular weight excluding hydrogens is 234 g/mol. The zero-order valence-electron chi connectivity index (χ0n) is 11.7. The summed E-state index contributed by atoms with van der Waals surface area (Å²) in [6.07, 6.45) is 0.815. The summed E-state index contributed by atoms with van der Waals surface area (Å²) in [5.41, 5.74) is 0.184. The number of hydrogen-bond acceptors (Lipinski definition) is 4. The third-order valence-corrected chi connectivity index (χ3v) is 2.94. The van der Waals surface area contributed by atoms with E-state index in [1.54, 1.807) is 5.06 Å². The molecule has 1 aliphatic heterocycles.